The number of morpholine rings is 1. The number of benzene rings is 2. The van der Waals surface area contributed by atoms with E-state index in [9.17, 15) is 9.00 Å². The number of carbonyl (C=O) groups is 1. The molecular weight excluding hydrogens is 474 g/mol. The van der Waals surface area contributed by atoms with E-state index in [1.807, 2.05) is 36.4 Å². The lowest BCUT2D eigenvalue weighted by molar-refractivity contribution is -0.0237. The first-order valence-electron chi connectivity index (χ1n) is 10.8. The van der Waals surface area contributed by atoms with Gasteiger partial charge in [0.25, 0.3) is 0 Å². The van der Waals surface area contributed by atoms with E-state index in [0.29, 0.717) is 53.6 Å². The second kappa shape index (κ2) is 10.1. The first-order valence-corrected chi connectivity index (χ1v) is 12.3. The lowest BCUT2D eigenvalue weighted by atomic mass is 10.1. The largest absolute Gasteiger partial charge is 0.491 e. The lowest BCUT2D eigenvalue weighted by Crippen LogP contribution is -2.45. The van der Waals surface area contributed by atoms with Crippen molar-refractivity contribution < 1.29 is 18.5 Å². The maximum atomic E-state index is 13.5. The number of ether oxygens (including phenoxy) is 2. The molecule has 1 saturated heterocycles. The molecule has 0 bridgehead atoms. The average Bonchev–Trinajstić information content (AvgIpc) is 3.25. The predicted octanol–water partition coefficient (Wildman–Crippen LogP) is 4.50. The Labute approximate surface area is 204 Å². The van der Waals surface area contributed by atoms with E-state index in [1.54, 1.807) is 34.9 Å². The average molecular weight is 496 g/mol. The molecule has 4 aromatic rings. The minimum atomic E-state index is -1.56. The normalized spacial score (nSPS) is 17.5. The van der Waals surface area contributed by atoms with Crippen molar-refractivity contribution in [2.24, 2.45) is 0 Å². The van der Waals surface area contributed by atoms with Gasteiger partial charge in [0.05, 0.1) is 17.2 Å². The molecule has 1 aliphatic rings. The number of hydrogen-bond acceptors (Lipinski definition) is 5. The summed E-state index contributed by atoms with van der Waals surface area (Å²) < 4.78 is 27.2. The van der Waals surface area contributed by atoms with Crippen molar-refractivity contribution in [3.8, 4) is 16.9 Å². The van der Waals surface area contributed by atoms with Crippen molar-refractivity contribution in [2.45, 2.75) is 11.0 Å². The second-order valence-corrected chi connectivity index (χ2v) is 9.74. The molecule has 9 heteroatoms. The molecule has 7 nitrogen and oxygen atoms in total. The Morgan fingerprint density at radius 2 is 2.03 bits per heavy atom. The van der Waals surface area contributed by atoms with Crippen molar-refractivity contribution in [1.82, 2.24) is 14.3 Å². The monoisotopic (exact) mass is 495 g/mol. The zero-order chi connectivity index (χ0) is 23.5. The van der Waals surface area contributed by atoms with Crippen LogP contribution in [0.25, 0.3) is 22.0 Å². The Bertz CT molecular complexity index is 1340. The Morgan fingerprint density at radius 1 is 1.18 bits per heavy atom. The molecule has 2 unspecified atom stereocenters. The van der Waals surface area contributed by atoms with Crippen LogP contribution in [0.15, 0.2) is 71.9 Å². The van der Waals surface area contributed by atoms with E-state index in [-0.39, 0.29) is 6.10 Å². The minimum absolute atomic E-state index is 0.268. The van der Waals surface area contributed by atoms with Crippen LogP contribution in [-0.2, 0) is 15.7 Å². The SMILES string of the molecule is O=Cc1[nH]c2ccc(Cl)cc2c1S(=O)N1CCOC(COc2cccc(-c3ccncc3)c2)C1. The van der Waals surface area contributed by atoms with E-state index in [2.05, 4.69) is 9.97 Å². The fourth-order valence-corrected chi connectivity index (χ4v) is 5.62. The summed E-state index contributed by atoms with van der Waals surface area (Å²) in [6.45, 7) is 1.61. The van der Waals surface area contributed by atoms with Gasteiger partial charge in [-0.25, -0.2) is 8.51 Å². The van der Waals surface area contributed by atoms with E-state index in [4.69, 9.17) is 21.1 Å². The molecular formula is C25H22ClN3O4S. The predicted molar refractivity (Wildman–Crippen MR) is 132 cm³/mol. The highest BCUT2D eigenvalue weighted by Gasteiger charge is 2.29. The number of aldehydes is 1. The molecule has 2 aromatic heterocycles. The number of fused-ring (bicyclic) bond motifs is 1. The van der Waals surface area contributed by atoms with Crippen LogP contribution in [0.1, 0.15) is 10.5 Å². The molecule has 0 radical (unpaired) electrons. The van der Waals surface area contributed by atoms with Crippen LogP contribution >= 0.6 is 11.6 Å². The fraction of sp³-hybridized carbons (Fsp3) is 0.200. The van der Waals surface area contributed by atoms with Gasteiger partial charge in [0, 0.05) is 41.4 Å². The maximum absolute atomic E-state index is 13.5. The van der Waals surface area contributed by atoms with Gasteiger partial charge in [0.2, 0.25) is 0 Å². The number of H-pyrrole nitrogens is 1. The summed E-state index contributed by atoms with van der Waals surface area (Å²) in [6.07, 6.45) is 3.93. The van der Waals surface area contributed by atoms with Crippen LogP contribution in [0.5, 0.6) is 5.75 Å². The van der Waals surface area contributed by atoms with Crippen molar-refractivity contribution in [1.29, 1.82) is 0 Å². The number of nitrogens with one attached hydrogen (secondary N) is 1. The van der Waals surface area contributed by atoms with E-state index in [1.165, 1.54) is 0 Å². The summed E-state index contributed by atoms with van der Waals surface area (Å²) >= 11 is 6.15. The van der Waals surface area contributed by atoms with E-state index in [0.717, 1.165) is 22.4 Å². The smallest absolute Gasteiger partial charge is 0.167 e. The first kappa shape index (κ1) is 22.7. The molecule has 1 fully saturated rings. The number of halogens is 1. The summed E-state index contributed by atoms with van der Waals surface area (Å²) in [4.78, 5) is 19.2. The Kier molecular flexibility index (Phi) is 6.73. The number of aromatic amines is 1. The Balaban J connectivity index is 1.29. The summed E-state index contributed by atoms with van der Waals surface area (Å²) in [7, 11) is -1.56. The van der Waals surface area contributed by atoms with Crippen LogP contribution in [0, 0.1) is 0 Å². The topological polar surface area (TPSA) is 84.5 Å². The molecule has 5 rings (SSSR count). The van der Waals surface area contributed by atoms with Gasteiger partial charge in [-0.3, -0.25) is 9.78 Å². The molecule has 2 aromatic carbocycles. The quantitative estimate of drug-likeness (QED) is 0.382. The Hall–Kier alpha value is -3.04. The zero-order valence-corrected chi connectivity index (χ0v) is 19.7. The third kappa shape index (κ3) is 4.76. The number of rotatable bonds is 7. The fourth-order valence-electron chi connectivity index (χ4n) is 4.00. The van der Waals surface area contributed by atoms with Crippen molar-refractivity contribution >= 4 is 39.8 Å². The van der Waals surface area contributed by atoms with E-state index < -0.39 is 11.0 Å². The molecule has 3 heterocycles. The summed E-state index contributed by atoms with van der Waals surface area (Å²) in [6, 6.07) is 17.0. The van der Waals surface area contributed by atoms with E-state index >= 15 is 0 Å². The number of aromatic nitrogens is 2. The standard InChI is InChI=1S/C25H22ClN3O4S/c26-19-4-5-23-22(13-19)25(24(15-30)28-23)34(31)29-10-11-32-21(14-29)16-33-20-3-1-2-18(12-20)17-6-8-27-9-7-17/h1-9,12-13,15,21,28H,10-11,14,16H2. The molecule has 1 N–H and O–H groups in total. The van der Waals surface area contributed by atoms with Crippen LogP contribution < -0.4 is 4.74 Å². The number of pyridine rings is 1. The van der Waals surface area contributed by atoms with Gasteiger partial charge in [-0.15, -0.1) is 0 Å². The van der Waals surface area contributed by atoms with Crippen LogP contribution in [-0.4, -0.2) is 57.2 Å². The highest BCUT2D eigenvalue weighted by atomic mass is 35.5. The van der Waals surface area contributed by atoms with Crippen LogP contribution in [0.2, 0.25) is 5.02 Å². The van der Waals surface area contributed by atoms with Gasteiger partial charge < -0.3 is 14.5 Å². The maximum Gasteiger partial charge on any atom is 0.167 e. The molecule has 2 atom stereocenters. The number of carbonyl (C=O) groups excluding carboxylic acids is 1. The number of nitrogens with zero attached hydrogens (tertiary/aromatic N) is 2. The molecule has 174 valence electrons. The van der Waals surface area contributed by atoms with Gasteiger partial charge in [0.1, 0.15) is 29.4 Å². The summed E-state index contributed by atoms with van der Waals surface area (Å²) in [5, 5.41) is 1.20. The summed E-state index contributed by atoms with van der Waals surface area (Å²) in [5.74, 6) is 0.727. The summed E-state index contributed by atoms with van der Waals surface area (Å²) in [5.41, 5.74) is 3.10. The lowest BCUT2D eigenvalue weighted by Gasteiger charge is -2.31. The molecule has 0 spiro atoms. The van der Waals surface area contributed by atoms with Crippen LogP contribution in [0.4, 0.5) is 0 Å². The minimum Gasteiger partial charge on any atom is -0.491 e. The highest BCUT2D eigenvalue weighted by molar-refractivity contribution is 7.83. The van der Waals surface area contributed by atoms with Gasteiger partial charge >= 0.3 is 0 Å². The van der Waals surface area contributed by atoms with Gasteiger partial charge in [-0.2, -0.15) is 0 Å². The first-order chi connectivity index (χ1) is 16.6. The third-order valence-electron chi connectivity index (χ3n) is 5.65. The van der Waals surface area contributed by atoms with Crippen molar-refractivity contribution in [2.75, 3.05) is 26.3 Å². The molecule has 34 heavy (non-hydrogen) atoms. The van der Waals surface area contributed by atoms with Gasteiger partial charge in [-0.05, 0) is 53.6 Å². The molecule has 1 aliphatic heterocycles. The zero-order valence-electron chi connectivity index (χ0n) is 18.1. The highest BCUT2D eigenvalue weighted by Crippen LogP contribution is 2.30. The van der Waals surface area contributed by atoms with Gasteiger partial charge in [-0.1, -0.05) is 23.7 Å². The van der Waals surface area contributed by atoms with Gasteiger partial charge in [0.15, 0.2) is 6.29 Å². The van der Waals surface area contributed by atoms with Crippen LogP contribution in [0.3, 0.4) is 0 Å². The molecule has 0 aliphatic carbocycles. The van der Waals surface area contributed by atoms with Crippen molar-refractivity contribution in [3.63, 3.8) is 0 Å². The third-order valence-corrected chi connectivity index (χ3v) is 7.48. The Morgan fingerprint density at radius 3 is 2.85 bits per heavy atom. The van der Waals surface area contributed by atoms with Crippen molar-refractivity contribution in [3.05, 3.63) is 77.7 Å². The molecule has 0 saturated carbocycles. The molecule has 0 amide bonds. The number of hydrogen-bond donors (Lipinski definition) is 1. The second-order valence-electron chi connectivity index (χ2n) is 7.88.